The fourth-order valence-electron chi connectivity index (χ4n) is 2.91. The molecule has 1 aliphatic carbocycles. The smallest absolute Gasteiger partial charge is 0.144 e. The quantitative estimate of drug-likeness (QED) is 0.718. The summed E-state index contributed by atoms with van der Waals surface area (Å²) in [7, 11) is 0. The van der Waals surface area contributed by atoms with Crippen LogP contribution in [0.1, 0.15) is 61.1 Å². The molecule has 1 saturated heterocycles. The van der Waals surface area contributed by atoms with Crippen LogP contribution in [0.4, 0.5) is 0 Å². The third-order valence-electron chi connectivity index (χ3n) is 3.85. The molecule has 2 nitrogen and oxygen atoms in total. The molecule has 1 unspecified atom stereocenters. The predicted octanol–water partition coefficient (Wildman–Crippen LogP) is 5.01. The molecule has 3 rings (SSSR count). The second-order valence-corrected chi connectivity index (χ2v) is 7.09. The van der Waals surface area contributed by atoms with E-state index in [-0.39, 0.29) is 0 Å². The van der Waals surface area contributed by atoms with Gasteiger partial charge in [0.05, 0.1) is 5.25 Å². The van der Waals surface area contributed by atoms with Crippen molar-refractivity contribution in [1.29, 1.82) is 0 Å². The number of rotatable bonds is 2. The first-order valence-electron chi connectivity index (χ1n) is 6.60. The molecular weight excluding hydrogens is 287 g/mol. The van der Waals surface area contributed by atoms with E-state index in [1.807, 2.05) is 11.8 Å². The molecule has 2 aliphatic rings. The second-order valence-electron chi connectivity index (χ2n) is 5.06. The second kappa shape index (κ2) is 5.56. The molecule has 2 fully saturated rings. The lowest BCUT2D eigenvalue weighted by Crippen LogP contribution is -2.05. The molecule has 1 saturated carbocycles. The predicted molar refractivity (Wildman–Crippen MR) is 77.7 cm³/mol. The molecule has 1 aliphatic heterocycles. The maximum absolute atomic E-state index is 6.35. The van der Waals surface area contributed by atoms with Gasteiger partial charge in [0.2, 0.25) is 0 Å². The van der Waals surface area contributed by atoms with Crippen molar-refractivity contribution in [3.8, 4) is 0 Å². The summed E-state index contributed by atoms with van der Waals surface area (Å²) in [5.74, 6) is 2.48. The number of thioether (sulfide) groups is 1. The highest BCUT2D eigenvalue weighted by molar-refractivity contribution is 7.99. The van der Waals surface area contributed by atoms with E-state index in [1.165, 1.54) is 37.9 Å². The van der Waals surface area contributed by atoms with Gasteiger partial charge < -0.3 is 0 Å². The number of nitrogens with zero attached hydrogens (tertiary/aromatic N) is 2. The number of halogens is 2. The third-order valence-corrected chi connectivity index (χ3v) is 5.80. The van der Waals surface area contributed by atoms with Gasteiger partial charge in [-0.25, -0.2) is 9.97 Å². The van der Waals surface area contributed by atoms with E-state index in [9.17, 15) is 0 Å². The van der Waals surface area contributed by atoms with E-state index < -0.39 is 0 Å². The van der Waals surface area contributed by atoms with Crippen molar-refractivity contribution in [2.45, 2.75) is 49.7 Å². The standard InChI is InChI=1S/C13H16Cl2N2S/c14-11-10(8-4-1-2-5-8)12(15)17-13(16-11)9-6-3-7-18-9/h8-9H,1-7H2. The summed E-state index contributed by atoms with van der Waals surface area (Å²) in [6.07, 6.45) is 7.23. The van der Waals surface area contributed by atoms with Crippen molar-refractivity contribution in [3.63, 3.8) is 0 Å². The van der Waals surface area contributed by atoms with E-state index in [1.54, 1.807) is 0 Å². The van der Waals surface area contributed by atoms with Crippen molar-refractivity contribution >= 4 is 35.0 Å². The van der Waals surface area contributed by atoms with Crippen molar-refractivity contribution in [2.24, 2.45) is 0 Å². The summed E-state index contributed by atoms with van der Waals surface area (Å²) < 4.78 is 0. The molecule has 1 aromatic rings. The molecule has 0 radical (unpaired) electrons. The zero-order chi connectivity index (χ0) is 12.5. The molecule has 18 heavy (non-hydrogen) atoms. The van der Waals surface area contributed by atoms with Crippen LogP contribution in [0.2, 0.25) is 10.3 Å². The van der Waals surface area contributed by atoms with Gasteiger partial charge in [0.1, 0.15) is 16.1 Å². The summed E-state index contributed by atoms with van der Waals surface area (Å²) in [5.41, 5.74) is 0.989. The first-order valence-corrected chi connectivity index (χ1v) is 8.40. The third kappa shape index (κ3) is 2.50. The number of aromatic nitrogens is 2. The van der Waals surface area contributed by atoms with Crippen molar-refractivity contribution in [3.05, 3.63) is 21.7 Å². The minimum Gasteiger partial charge on any atom is -0.220 e. The molecule has 1 aromatic heterocycles. The lowest BCUT2D eigenvalue weighted by Gasteiger charge is -2.15. The molecule has 0 N–H and O–H groups in total. The van der Waals surface area contributed by atoms with Gasteiger partial charge >= 0.3 is 0 Å². The van der Waals surface area contributed by atoms with Gasteiger partial charge in [-0.3, -0.25) is 0 Å². The molecule has 1 atom stereocenters. The normalized spacial score (nSPS) is 24.9. The molecule has 2 heterocycles. The van der Waals surface area contributed by atoms with Gasteiger partial charge in [-0.1, -0.05) is 36.0 Å². The Kier molecular flexibility index (Phi) is 4.02. The SMILES string of the molecule is Clc1nc(C2CCCS2)nc(Cl)c1C1CCCC1. The molecule has 98 valence electrons. The van der Waals surface area contributed by atoms with E-state index in [0.29, 0.717) is 21.5 Å². The summed E-state index contributed by atoms with van der Waals surface area (Å²) >= 11 is 14.6. The Morgan fingerprint density at radius 2 is 1.61 bits per heavy atom. The lowest BCUT2D eigenvalue weighted by atomic mass is 10.0. The summed E-state index contributed by atoms with van der Waals surface area (Å²) in [5, 5.41) is 1.56. The molecule has 0 amide bonds. The monoisotopic (exact) mass is 302 g/mol. The van der Waals surface area contributed by atoms with Gasteiger partial charge in [-0.05, 0) is 37.4 Å². The Morgan fingerprint density at radius 1 is 0.944 bits per heavy atom. The Hall–Kier alpha value is 0.01000. The van der Waals surface area contributed by atoms with Gasteiger partial charge in [-0.2, -0.15) is 11.8 Å². The first kappa shape index (κ1) is 13.0. The molecular formula is C13H16Cl2N2S. The molecule has 0 bridgehead atoms. The Morgan fingerprint density at radius 3 is 2.17 bits per heavy atom. The first-order chi connectivity index (χ1) is 8.75. The largest absolute Gasteiger partial charge is 0.220 e. The number of hydrogen-bond donors (Lipinski definition) is 0. The average Bonchev–Trinajstić information content (AvgIpc) is 3.01. The van der Waals surface area contributed by atoms with Gasteiger partial charge in [0, 0.05) is 5.56 Å². The Bertz CT molecular complexity index is 418. The molecule has 5 heteroatoms. The van der Waals surface area contributed by atoms with Crippen LogP contribution in [0.15, 0.2) is 0 Å². The van der Waals surface area contributed by atoms with Crippen LogP contribution in [-0.2, 0) is 0 Å². The van der Waals surface area contributed by atoms with Crippen molar-refractivity contribution in [1.82, 2.24) is 9.97 Å². The lowest BCUT2D eigenvalue weighted by molar-refractivity contribution is 0.703. The zero-order valence-corrected chi connectivity index (χ0v) is 12.5. The summed E-state index contributed by atoms with van der Waals surface area (Å²) in [6.45, 7) is 0. The van der Waals surface area contributed by atoms with E-state index in [0.717, 1.165) is 17.8 Å². The van der Waals surface area contributed by atoms with Crippen molar-refractivity contribution < 1.29 is 0 Å². The highest BCUT2D eigenvalue weighted by atomic mass is 35.5. The molecule has 0 spiro atoms. The average molecular weight is 303 g/mol. The van der Waals surface area contributed by atoms with E-state index in [4.69, 9.17) is 23.2 Å². The topological polar surface area (TPSA) is 25.8 Å². The van der Waals surface area contributed by atoms with E-state index >= 15 is 0 Å². The van der Waals surface area contributed by atoms with E-state index in [2.05, 4.69) is 9.97 Å². The van der Waals surface area contributed by atoms with Crippen LogP contribution in [0.5, 0.6) is 0 Å². The Labute approximate surface area is 122 Å². The van der Waals surface area contributed by atoms with Gasteiger partial charge in [0.15, 0.2) is 0 Å². The highest BCUT2D eigenvalue weighted by Gasteiger charge is 2.27. The number of hydrogen-bond acceptors (Lipinski definition) is 3. The summed E-state index contributed by atoms with van der Waals surface area (Å²) in [4.78, 5) is 9.02. The zero-order valence-electron chi connectivity index (χ0n) is 10.2. The van der Waals surface area contributed by atoms with Crippen LogP contribution >= 0.6 is 35.0 Å². The minimum atomic E-state index is 0.387. The Balaban J connectivity index is 1.92. The van der Waals surface area contributed by atoms with Gasteiger partial charge in [0.25, 0.3) is 0 Å². The van der Waals surface area contributed by atoms with Crippen LogP contribution in [0.3, 0.4) is 0 Å². The van der Waals surface area contributed by atoms with Crippen LogP contribution in [0, 0.1) is 0 Å². The van der Waals surface area contributed by atoms with Crippen LogP contribution in [0.25, 0.3) is 0 Å². The summed E-state index contributed by atoms with van der Waals surface area (Å²) in [6, 6.07) is 0. The van der Waals surface area contributed by atoms with Gasteiger partial charge in [-0.15, -0.1) is 0 Å². The molecule has 0 aromatic carbocycles. The maximum atomic E-state index is 6.35. The highest BCUT2D eigenvalue weighted by Crippen LogP contribution is 2.43. The van der Waals surface area contributed by atoms with Crippen molar-refractivity contribution in [2.75, 3.05) is 5.75 Å². The van der Waals surface area contributed by atoms with Crippen LogP contribution < -0.4 is 0 Å². The fourth-order valence-corrected chi connectivity index (χ4v) is 4.82. The maximum Gasteiger partial charge on any atom is 0.144 e. The van der Waals surface area contributed by atoms with Crippen LogP contribution in [-0.4, -0.2) is 15.7 Å². The fraction of sp³-hybridized carbons (Fsp3) is 0.692. The minimum absolute atomic E-state index is 0.387.